The Balaban J connectivity index is 4.56. The van der Waals surface area contributed by atoms with Crippen LogP contribution in [0, 0.1) is 0 Å². The van der Waals surface area contributed by atoms with Crippen molar-refractivity contribution >= 4 is 11.8 Å². The lowest BCUT2D eigenvalue weighted by atomic mass is 10.0. The highest BCUT2D eigenvalue weighted by atomic mass is 16.2. The van der Waals surface area contributed by atoms with E-state index in [1.54, 1.807) is 0 Å². The SMILES string of the molecule is CCCCCCCCCCCCCCCCCN(CCCCCCCCCCCCCCCCC)C(=O)CNC(=O)C(CCCNCCCN)NCCCN. The first-order chi connectivity index (χ1) is 27.1. The number of unbranched alkanes of at least 4 members (excludes halogenated alkanes) is 28. The lowest BCUT2D eigenvalue weighted by Gasteiger charge is -2.24. The summed E-state index contributed by atoms with van der Waals surface area (Å²) in [6.07, 6.45) is 43.6. The maximum absolute atomic E-state index is 13.5. The van der Waals surface area contributed by atoms with Crippen LogP contribution in [0.2, 0.25) is 0 Å². The van der Waals surface area contributed by atoms with E-state index in [1.165, 1.54) is 180 Å². The van der Waals surface area contributed by atoms with Crippen molar-refractivity contribution in [2.24, 2.45) is 11.5 Å². The largest absolute Gasteiger partial charge is 0.346 e. The molecule has 0 radical (unpaired) electrons. The summed E-state index contributed by atoms with van der Waals surface area (Å²) in [7, 11) is 0. The molecule has 0 aromatic rings. The number of nitrogens with one attached hydrogen (secondary N) is 3. The zero-order valence-corrected chi connectivity index (χ0v) is 37.2. The second kappa shape index (κ2) is 45.5. The van der Waals surface area contributed by atoms with Gasteiger partial charge in [0.2, 0.25) is 11.8 Å². The van der Waals surface area contributed by atoms with Gasteiger partial charge in [0.25, 0.3) is 0 Å². The molecule has 0 rings (SSSR count). The topological polar surface area (TPSA) is 126 Å². The Morgan fingerprint density at radius 2 is 0.800 bits per heavy atom. The Morgan fingerprint density at radius 1 is 0.455 bits per heavy atom. The van der Waals surface area contributed by atoms with Crippen LogP contribution in [0.1, 0.15) is 232 Å². The van der Waals surface area contributed by atoms with Gasteiger partial charge >= 0.3 is 0 Å². The third kappa shape index (κ3) is 39.4. The highest BCUT2D eigenvalue weighted by Gasteiger charge is 2.20. The van der Waals surface area contributed by atoms with E-state index in [2.05, 4.69) is 29.8 Å². The predicted molar refractivity (Wildman–Crippen MR) is 241 cm³/mol. The van der Waals surface area contributed by atoms with Gasteiger partial charge in [0.05, 0.1) is 12.6 Å². The van der Waals surface area contributed by atoms with Crippen LogP contribution in [0.15, 0.2) is 0 Å². The lowest BCUT2D eigenvalue weighted by molar-refractivity contribution is -0.133. The van der Waals surface area contributed by atoms with Crippen LogP contribution in [0.5, 0.6) is 0 Å². The van der Waals surface area contributed by atoms with Gasteiger partial charge in [0.15, 0.2) is 0 Å². The van der Waals surface area contributed by atoms with E-state index >= 15 is 0 Å². The first-order valence-corrected chi connectivity index (χ1v) is 24.5. The molecular formula is C47H98N6O2. The smallest absolute Gasteiger partial charge is 0.241 e. The van der Waals surface area contributed by atoms with Crippen LogP contribution in [0.25, 0.3) is 0 Å². The molecule has 0 fully saturated rings. The lowest BCUT2D eigenvalue weighted by Crippen LogP contribution is -2.48. The number of rotatable bonds is 46. The molecule has 8 heteroatoms. The number of nitrogens with zero attached hydrogens (tertiary/aromatic N) is 1. The summed E-state index contributed by atoms with van der Waals surface area (Å²) in [5, 5.41) is 9.78. The summed E-state index contributed by atoms with van der Waals surface area (Å²) in [5.74, 6) is -0.0144. The fraction of sp³-hybridized carbons (Fsp3) is 0.957. The molecule has 328 valence electrons. The molecule has 0 aliphatic carbocycles. The monoisotopic (exact) mass is 779 g/mol. The van der Waals surface area contributed by atoms with Gasteiger partial charge in [0.1, 0.15) is 0 Å². The van der Waals surface area contributed by atoms with Crippen LogP contribution in [-0.4, -0.2) is 75.1 Å². The molecule has 8 nitrogen and oxygen atoms in total. The molecule has 55 heavy (non-hydrogen) atoms. The number of hydrogen-bond acceptors (Lipinski definition) is 6. The number of hydrogen-bond donors (Lipinski definition) is 5. The molecule has 0 aliphatic heterocycles. The van der Waals surface area contributed by atoms with Gasteiger partial charge < -0.3 is 32.3 Å². The quantitative estimate of drug-likeness (QED) is 0.0392. The van der Waals surface area contributed by atoms with E-state index in [4.69, 9.17) is 11.5 Å². The summed E-state index contributed by atoms with van der Waals surface area (Å²) < 4.78 is 0. The second-order valence-electron chi connectivity index (χ2n) is 16.7. The van der Waals surface area contributed by atoms with Gasteiger partial charge in [-0.3, -0.25) is 9.59 Å². The summed E-state index contributed by atoms with van der Waals surface area (Å²) in [4.78, 5) is 28.8. The molecule has 1 atom stereocenters. The summed E-state index contributed by atoms with van der Waals surface area (Å²) >= 11 is 0. The Labute approximate surface area is 343 Å². The molecule has 0 spiro atoms. The average Bonchev–Trinajstić information content (AvgIpc) is 3.19. The van der Waals surface area contributed by atoms with Crippen molar-refractivity contribution in [2.45, 2.75) is 238 Å². The standard InChI is InChI=1S/C47H98N6O2/c1-3-5-7-9-11-13-15-17-19-21-23-25-27-29-31-42-53(43-32-30-28-26-24-22-20-18-16-14-12-10-8-6-4-2)46(54)44-52-47(55)45(51-41-35-38-49)36-33-39-50-40-34-37-48/h45,50-51H,3-44,48-49H2,1-2H3,(H,52,55). The Morgan fingerprint density at radius 3 is 1.18 bits per heavy atom. The third-order valence-electron chi connectivity index (χ3n) is 11.3. The zero-order chi connectivity index (χ0) is 40.1. The second-order valence-corrected chi connectivity index (χ2v) is 16.7. The first kappa shape index (κ1) is 53.8. The van der Waals surface area contributed by atoms with E-state index in [0.717, 1.165) is 64.7 Å². The van der Waals surface area contributed by atoms with Crippen molar-refractivity contribution in [1.82, 2.24) is 20.9 Å². The summed E-state index contributed by atoms with van der Waals surface area (Å²) in [6.45, 7) is 10.00. The van der Waals surface area contributed by atoms with Crippen molar-refractivity contribution < 1.29 is 9.59 Å². The van der Waals surface area contributed by atoms with Gasteiger partial charge in [0, 0.05) is 13.1 Å². The zero-order valence-electron chi connectivity index (χ0n) is 37.2. The number of carbonyl (C=O) groups is 2. The van der Waals surface area contributed by atoms with Gasteiger partial charge in [-0.25, -0.2) is 0 Å². The van der Waals surface area contributed by atoms with E-state index in [1.807, 2.05) is 4.90 Å². The fourth-order valence-electron chi connectivity index (χ4n) is 7.59. The summed E-state index contributed by atoms with van der Waals surface area (Å²) in [5.41, 5.74) is 11.3. The number of carbonyl (C=O) groups excluding carboxylic acids is 2. The van der Waals surface area contributed by atoms with Crippen molar-refractivity contribution in [1.29, 1.82) is 0 Å². The van der Waals surface area contributed by atoms with Crippen molar-refractivity contribution in [3.05, 3.63) is 0 Å². The van der Waals surface area contributed by atoms with Crippen molar-refractivity contribution in [3.8, 4) is 0 Å². The molecule has 1 unspecified atom stereocenters. The van der Waals surface area contributed by atoms with E-state index < -0.39 is 0 Å². The van der Waals surface area contributed by atoms with Crippen LogP contribution in [0.4, 0.5) is 0 Å². The van der Waals surface area contributed by atoms with Crippen molar-refractivity contribution in [3.63, 3.8) is 0 Å². The highest BCUT2D eigenvalue weighted by molar-refractivity contribution is 5.87. The minimum absolute atomic E-state index is 0.0632. The Hall–Kier alpha value is -1.22. The van der Waals surface area contributed by atoms with Crippen molar-refractivity contribution in [2.75, 3.05) is 52.4 Å². The molecule has 0 aromatic heterocycles. The van der Waals surface area contributed by atoms with Gasteiger partial charge in [-0.2, -0.15) is 0 Å². The number of amides is 2. The molecule has 0 aromatic carbocycles. The minimum Gasteiger partial charge on any atom is -0.346 e. The molecule has 0 heterocycles. The average molecular weight is 779 g/mol. The van der Waals surface area contributed by atoms with Gasteiger partial charge in [-0.05, 0) is 71.2 Å². The molecule has 2 amide bonds. The van der Waals surface area contributed by atoms with Crippen LogP contribution in [0.3, 0.4) is 0 Å². The minimum atomic E-state index is -0.310. The molecular weight excluding hydrogens is 681 g/mol. The maximum atomic E-state index is 13.5. The molecule has 0 aliphatic rings. The van der Waals surface area contributed by atoms with Gasteiger partial charge in [-0.15, -0.1) is 0 Å². The summed E-state index contributed by atoms with van der Waals surface area (Å²) in [6, 6.07) is -0.310. The molecule has 0 saturated carbocycles. The fourth-order valence-corrected chi connectivity index (χ4v) is 7.59. The molecule has 0 bridgehead atoms. The molecule has 0 saturated heterocycles. The Bertz CT molecular complexity index is 751. The first-order valence-electron chi connectivity index (χ1n) is 24.5. The maximum Gasteiger partial charge on any atom is 0.241 e. The van der Waals surface area contributed by atoms with E-state index in [-0.39, 0.29) is 24.4 Å². The van der Waals surface area contributed by atoms with Crippen LogP contribution in [-0.2, 0) is 9.59 Å². The van der Waals surface area contributed by atoms with Gasteiger partial charge in [-0.1, -0.05) is 194 Å². The third-order valence-corrected chi connectivity index (χ3v) is 11.3. The van der Waals surface area contributed by atoms with Crippen LogP contribution < -0.4 is 27.4 Å². The Kier molecular flexibility index (Phi) is 44.5. The van der Waals surface area contributed by atoms with Crippen LogP contribution >= 0.6 is 0 Å². The molecule has 7 N–H and O–H groups in total. The highest BCUT2D eigenvalue weighted by Crippen LogP contribution is 2.15. The normalized spacial score (nSPS) is 12.0. The van der Waals surface area contributed by atoms with E-state index in [9.17, 15) is 9.59 Å². The predicted octanol–water partition coefficient (Wildman–Crippen LogP) is 10.7. The number of nitrogens with two attached hydrogens (primary N) is 2. The van der Waals surface area contributed by atoms with E-state index in [0.29, 0.717) is 19.6 Å².